The number of hydrogen-bond acceptors (Lipinski definition) is 5. The molecule has 7 heteroatoms. The van der Waals surface area contributed by atoms with Crippen LogP contribution < -0.4 is 0 Å². The third-order valence-electron chi connectivity index (χ3n) is 2.41. The van der Waals surface area contributed by atoms with E-state index in [1.165, 1.54) is 0 Å². The Labute approximate surface area is 96.2 Å². The van der Waals surface area contributed by atoms with Crippen molar-refractivity contribution in [2.75, 3.05) is 19.8 Å². The van der Waals surface area contributed by atoms with Gasteiger partial charge in [0.2, 0.25) is 0 Å². The van der Waals surface area contributed by atoms with E-state index in [2.05, 4.69) is 15.2 Å². The fourth-order valence-electron chi connectivity index (χ4n) is 1.67. The number of hydrogen-bond donors (Lipinski definition) is 0. The van der Waals surface area contributed by atoms with E-state index in [1.807, 2.05) is 0 Å². The maximum absolute atomic E-state index is 5.90. The van der Waals surface area contributed by atoms with Gasteiger partial charge in [0.1, 0.15) is 6.10 Å². The number of aromatic nitrogens is 4. The minimum atomic E-state index is -0.192. The summed E-state index contributed by atoms with van der Waals surface area (Å²) in [6, 6.07) is 0. The van der Waals surface area contributed by atoms with Gasteiger partial charge < -0.3 is 9.47 Å². The zero-order valence-corrected chi connectivity index (χ0v) is 9.09. The van der Waals surface area contributed by atoms with Crippen molar-refractivity contribution in [3.8, 4) is 0 Å². The molecule has 1 saturated heterocycles. The summed E-state index contributed by atoms with van der Waals surface area (Å²) in [7, 11) is 0. The molecular formula is C9H9ClN4O2. The van der Waals surface area contributed by atoms with Crippen molar-refractivity contribution in [2.24, 2.45) is 0 Å². The highest BCUT2D eigenvalue weighted by Crippen LogP contribution is 2.21. The molecule has 3 heterocycles. The van der Waals surface area contributed by atoms with Crippen molar-refractivity contribution in [2.45, 2.75) is 6.10 Å². The van der Waals surface area contributed by atoms with Crippen LogP contribution in [0, 0.1) is 0 Å². The lowest BCUT2D eigenvalue weighted by molar-refractivity contribution is -0.0938. The molecule has 0 spiro atoms. The first-order valence-corrected chi connectivity index (χ1v) is 5.28. The van der Waals surface area contributed by atoms with Crippen LogP contribution in [0.1, 0.15) is 11.9 Å². The quantitative estimate of drug-likeness (QED) is 0.740. The van der Waals surface area contributed by atoms with Crippen LogP contribution in [-0.2, 0) is 9.47 Å². The molecule has 0 bridgehead atoms. The summed E-state index contributed by atoms with van der Waals surface area (Å²) in [5.41, 5.74) is 0.536. The summed E-state index contributed by atoms with van der Waals surface area (Å²) in [6.45, 7) is 1.68. The molecule has 0 aromatic carbocycles. The van der Waals surface area contributed by atoms with Crippen molar-refractivity contribution < 1.29 is 9.47 Å². The molecule has 1 aliphatic rings. The lowest BCUT2D eigenvalue weighted by Gasteiger charge is -2.21. The summed E-state index contributed by atoms with van der Waals surface area (Å²) in [6.07, 6.45) is 3.17. The Kier molecular flexibility index (Phi) is 2.47. The van der Waals surface area contributed by atoms with Crippen LogP contribution in [0.15, 0.2) is 12.4 Å². The lowest BCUT2D eigenvalue weighted by atomic mass is 10.3. The number of ether oxygens (including phenoxy) is 2. The van der Waals surface area contributed by atoms with Crippen LogP contribution in [-0.4, -0.2) is 39.4 Å². The lowest BCUT2D eigenvalue weighted by Crippen LogP contribution is -2.23. The fraction of sp³-hybridized carbons (Fsp3) is 0.444. The van der Waals surface area contributed by atoms with E-state index >= 15 is 0 Å². The van der Waals surface area contributed by atoms with Crippen LogP contribution in [0.3, 0.4) is 0 Å². The number of nitrogens with zero attached hydrogens (tertiary/aromatic N) is 4. The molecule has 16 heavy (non-hydrogen) atoms. The van der Waals surface area contributed by atoms with Gasteiger partial charge in [-0.1, -0.05) is 11.6 Å². The van der Waals surface area contributed by atoms with Crippen LogP contribution >= 0.6 is 11.6 Å². The van der Waals surface area contributed by atoms with Gasteiger partial charge in [-0.25, -0.2) is 4.98 Å². The maximum atomic E-state index is 5.90. The van der Waals surface area contributed by atoms with Crippen molar-refractivity contribution in [3.05, 3.63) is 23.4 Å². The maximum Gasteiger partial charge on any atom is 0.198 e. The molecule has 0 N–H and O–H groups in total. The number of rotatable bonds is 1. The van der Waals surface area contributed by atoms with Crippen molar-refractivity contribution >= 4 is 17.2 Å². The standard InChI is InChI=1S/C9H9ClN4O2/c10-7-9-13-12-8(14(9)2-1-11-7)6-5-15-3-4-16-6/h1-2,6H,3-5H2. The molecule has 1 aliphatic heterocycles. The summed E-state index contributed by atoms with van der Waals surface area (Å²) >= 11 is 5.90. The van der Waals surface area contributed by atoms with Gasteiger partial charge in [0, 0.05) is 12.4 Å². The van der Waals surface area contributed by atoms with Gasteiger partial charge >= 0.3 is 0 Å². The first-order valence-electron chi connectivity index (χ1n) is 4.91. The Morgan fingerprint density at radius 3 is 3.12 bits per heavy atom. The monoisotopic (exact) mass is 240 g/mol. The molecule has 2 aromatic rings. The first-order chi connectivity index (χ1) is 7.86. The summed E-state index contributed by atoms with van der Waals surface area (Å²) in [5.74, 6) is 0.694. The molecule has 1 atom stereocenters. The van der Waals surface area contributed by atoms with Gasteiger partial charge in [-0.15, -0.1) is 10.2 Å². The minimum Gasteiger partial charge on any atom is -0.376 e. The molecule has 0 saturated carbocycles. The Balaban J connectivity index is 2.06. The third-order valence-corrected chi connectivity index (χ3v) is 2.68. The predicted octanol–water partition coefficient (Wildman–Crippen LogP) is 0.866. The Bertz CT molecular complexity index is 509. The first kappa shape index (κ1) is 9.95. The molecule has 1 unspecified atom stereocenters. The predicted molar refractivity (Wildman–Crippen MR) is 55.3 cm³/mol. The highest BCUT2D eigenvalue weighted by atomic mass is 35.5. The van der Waals surface area contributed by atoms with Gasteiger partial charge in [-0.2, -0.15) is 0 Å². The molecule has 0 radical (unpaired) electrons. The second-order valence-electron chi connectivity index (χ2n) is 3.40. The van der Waals surface area contributed by atoms with Gasteiger partial charge in [-0.3, -0.25) is 4.40 Å². The van der Waals surface area contributed by atoms with Crippen molar-refractivity contribution in [3.63, 3.8) is 0 Å². The SMILES string of the molecule is Clc1nccn2c(C3COCCO3)nnc12. The van der Waals surface area contributed by atoms with Crippen LogP contribution in [0.2, 0.25) is 5.15 Å². The number of fused-ring (bicyclic) bond motifs is 1. The Hall–Kier alpha value is -1.24. The molecule has 3 rings (SSSR count). The largest absolute Gasteiger partial charge is 0.376 e. The van der Waals surface area contributed by atoms with Gasteiger partial charge in [-0.05, 0) is 0 Å². The third kappa shape index (κ3) is 1.55. The molecular weight excluding hydrogens is 232 g/mol. The highest BCUT2D eigenvalue weighted by molar-refractivity contribution is 6.32. The number of halogens is 1. The summed E-state index contributed by atoms with van der Waals surface area (Å²) in [5, 5.41) is 8.37. The van der Waals surface area contributed by atoms with Crippen molar-refractivity contribution in [1.29, 1.82) is 0 Å². The fourth-order valence-corrected chi connectivity index (χ4v) is 1.86. The highest BCUT2D eigenvalue weighted by Gasteiger charge is 2.22. The Morgan fingerprint density at radius 1 is 1.38 bits per heavy atom. The van der Waals surface area contributed by atoms with Crippen LogP contribution in [0.4, 0.5) is 0 Å². The smallest absolute Gasteiger partial charge is 0.198 e. The molecule has 6 nitrogen and oxygen atoms in total. The van der Waals surface area contributed by atoms with E-state index < -0.39 is 0 Å². The second-order valence-corrected chi connectivity index (χ2v) is 3.76. The van der Waals surface area contributed by atoms with Crippen LogP contribution in [0.5, 0.6) is 0 Å². The molecule has 84 valence electrons. The van der Waals surface area contributed by atoms with E-state index in [0.29, 0.717) is 36.4 Å². The molecule has 2 aromatic heterocycles. The van der Waals surface area contributed by atoms with Crippen LogP contribution in [0.25, 0.3) is 5.65 Å². The van der Waals surface area contributed by atoms with E-state index in [9.17, 15) is 0 Å². The average molecular weight is 241 g/mol. The van der Waals surface area contributed by atoms with E-state index in [4.69, 9.17) is 21.1 Å². The van der Waals surface area contributed by atoms with E-state index in [0.717, 1.165) is 0 Å². The van der Waals surface area contributed by atoms with E-state index in [1.54, 1.807) is 16.8 Å². The average Bonchev–Trinajstić information content (AvgIpc) is 2.75. The normalized spacial score (nSPS) is 21.4. The van der Waals surface area contributed by atoms with Gasteiger partial charge in [0.15, 0.2) is 16.6 Å². The Morgan fingerprint density at radius 2 is 2.31 bits per heavy atom. The molecule has 0 amide bonds. The minimum absolute atomic E-state index is 0.192. The summed E-state index contributed by atoms with van der Waals surface area (Å²) in [4.78, 5) is 3.94. The van der Waals surface area contributed by atoms with Gasteiger partial charge in [0.25, 0.3) is 0 Å². The van der Waals surface area contributed by atoms with Gasteiger partial charge in [0.05, 0.1) is 19.8 Å². The topological polar surface area (TPSA) is 61.5 Å². The zero-order chi connectivity index (χ0) is 11.0. The zero-order valence-electron chi connectivity index (χ0n) is 8.34. The molecule has 0 aliphatic carbocycles. The van der Waals surface area contributed by atoms with Crippen molar-refractivity contribution in [1.82, 2.24) is 19.6 Å². The second kappa shape index (κ2) is 3.97. The molecule has 1 fully saturated rings. The summed E-state index contributed by atoms with van der Waals surface area (Å²) < 4.78 is 12.7. The van der Waals surface area contributed by atoms with E-state index in [-0.39, 0.29) is 6.10 Å².